The van der Waals surface area contributed by atoms with Crippen molar-refractivity contribution in [3.05, 3.63) is 74.8 Å². The zero-order valence-electron chi connectivity index (χ0n) is 14.7. The van der Waals surface area contributed by atoms with Gasteiger partial charge >= 0.3 is 5.69 Å². The fraction of sp³-hybridized carbons (Fsp3) is 0.278. The molecule has 0 N–H and O–H groups in total. The Balaban J connectivity index is 1.95. The number of nitro groups is 1. The number of halogens is 4. The number of rotatable bonds is 3. The van der Waals surface area contributed by atoms with Gasteiger partial charge in [-0.05, 0) is 13.1 Å². The van der Waals surface area contributed by atoms with E-state index in [2.05, 4.69) is 0 Å². The van der Waals surface area contributed by atoms with E-state index in [-0.39, 0.29) is 13.1 Å². The molecule has 2 aromatic carbocycles. The van der Waals surface area contributed by atoms with Gasteiger partial charge in [0.25, 0.3) is 5.91 Å². The Morgan fingerprint density at radius 1 is 1.11 bits per heavy atom. The lowest BCUT2D eigenvalue weighted by Crippen LogP contribution is -2.49. The van der Waals surface area contributed by atoms with Crippen LogP contribution in [0.2, 0.25) is 0 Å². The van der Waals surface area contributed by atoms with Gasteiger partial charge in [0, 0.05) is 31.3 Å². The van der Waals surface area contributed by atoms with Crippen molar-refractivity contribution in [1.82, 2.24) is 9.80 Å². The molecule has 28 heavy (non-hydrogen) atoms. The Hall–Kier alpha value is -3.01. The van der Waals surface area contributed by atoms with E-state index in [1.54, 1.807) is 24.1 Å². The molecule has 1 heterocycles. The predicted molar refractivity (Wildman–Crippen MR) is 90.6 cm³/mol. The third-order valence-corrected chi connectivity index (χ3v) is 4.75. The summed E-state index contributed by atoms with van der Waals surface area (Å²) in [5, 5.41) is 10.9. The van der Waals surface area contributed by atoms with E-state index in [4.69, 9.17) is 0 Å². The molecule has 10 heteroatoms. The highest BCUT2D eigenvalue weighted by Gasteiger charge is 2.34. The molecule has 0 radical (unpaired) electrons. The average Bonchev–Trinajstić information content (AvgIpc) is 2.66. The fourth-order valence-electron chi connectivity index (χ4n) is 3.19. The molecule has 1 aliphatic heterocycles. The molecule has 1 saturated heterocycles. The van der Waals surface area contributed by atoms with Crippen molar-refractivity contribution in [3.8, 4) is 0 Å². The summed E-state index contributed by atoms with van der Waals surface area (Å²) < 4.78 is 55.5. The van der Waals surface area contributed by atoms with Gasteiger partial charge in [0.15, 0.2) is 5.82 Å². The van der Waals surface area contributed by atoms with Gasteiger partial charge in [-0.3, -0.25) is 19.8 Å². The van der Waals surface area contributed by atoms with Gasteiger partial charge in [-0.2, -0.15) is 4.39 Å². The summed E-state index contributed by atoms with van der Waals surface area (Å²) in [5.41, 5.74) is -1.95. The summed E-state index contributed by atoms with van der Waals surface area (Å²) >= 11 is 0. The first kappa shape index (κ1) is 19.7. The predicted octanol–water partition coefficient (Wildman–Crippen LogP) is 3.28. The van der Waals surface area contributed by atoms with E-state index in [1.807, 2.05) is 0 Å². The van der Waals surface area contributed by atoms with Gasteiger partial charge in [0.1, 0.15) is 5.82 Å². The highest BCUT2D eigenvalue weighted by Crippen LogP contribution is 2.30. The normalized spacial score (nSPS) is 17.6. The van der Waals surface area contributed by atoms with Gasteiger partial charge in [0.2, 0.25) is 11.6 Å². The van der Waals surface area contributed by atoms with Gasteiger partial charge < -0.3 is 4.90 Å². The number of nitrogens with zero attached hydrogens (tertiary/aromatic N) is 3. The van der Waals surface area contributed by atoms with Crippen molar-refractivity contribution in [3.63, 3.8) is 0 Å². The molecule has 0 aromatic heterocycles. The van der Waals surface area contributed by atoms with Crippen molar-refractivity contribution >= 4 is 11.6 Å². The minimum Gasteiger partial charge on any atom is -0.335 e. The number of hydrogen-bond acceptors (Lipinski definition) is 4. The molecule has 0 saturated carbocycles. The summed E-state index contributed by atoms with van der Waals surface area (Å²) in [6, 6.07) is 5.79. The number of carbonyl (C=O) groups excluding carboxylic acids is 1. The summed E-state index contributed by atoms with van der Waals surface area (Å²) in [4.78, 5) is 25.2. The molecule has 6 nitrogen and oxygen atoms in total. The molecule has 1 amide bonds. The van der Waals surface area contributed by atoms with Gasteiger partial charge in [-0.1, -0.05) is 18.2 Å². The van der Waals surface area contributed by atoms with Crippen LogP contribution in [0.15, 0.2) is 30.3 Å². The Kier molecular flexibility index (Phi) is 5.32. The molecule has 1 unspecified atom stereocenters. The highest BCUT2D eigenvalue weighted by atomic mass is 19.2. The Morgan fingerprint density at radius 2 is 1.79 bits per heavy atom. The van der Waals surface area contributed by atoms with Crippen molar-refractivity contribution in [2.75, 3.05) is 26.7 Å². The number of piperazine rings is 1. The molecular formula is C18H15F4N3O3. The number of amides is 1. The maximum absolute atomic E-state index is 14.1. The molecule has 2 aromatic rings. The Bertz CT molecular complexity index is 954. The molecule has 0 bridgehead atoms. The van der Waals surface area contributed by atoms with Crippen LogP contribution in [-0.4, -0.2) is 47.3 Å². The van der Waals surface area contributed by atoms with E-state index in [9.17, 15) is 32.5 Å². The van der Waals surface area contributed by atoms with E-state index in [0.29, 0.717) is 18.2 Å². The lowest BCUT2D eigenvalue weighted by molar-refractivity contribution is -0.387. The van der Waals surface area contributed by atoms with Crippen LogP contribution >= 0.6 is 0 Å². The van der Waals surface area contributed by atoms with E-state index in [0.717, 1.165) is 4.90 Å². The summed E-state index contributed by atoms with van der Waals surface area (Å²) in [6.45, 7) is 0.354. The van der Waals surface area contributed by atoms with Crippen LogP contribution in [0.3, 0.4) is 0 Å². The lowest BCUT2D eigenvalue weighted by atomic mass is 10.0. The lowest BCUT2D eigenvalue weighted by Gasteiger charge is -2.39. The van der Waals surface area contributed by atoms with Gasteiger partial charge in [-0.15, -0.1) is 0 Å². The zero-order chi connectivity index (χ0) is 20.6. The second-order valence-electron chi connectivity index (χ2n) is 6.41. The standard InChI is InChI=1S/C18H15F4N3O3/c1-23-6-7-24(9-14(23)10-4-2-3-5-12(10)19)18(26)11-8-13(25(27)28)16(21)17(22)15(11)20/h2-5,8,14H,6-7,9H2,1H3. The first-order chi connectivity index (χ1) is 13.2. The number of likely N-dealkylation sites (N-methyl/N-ethyl adjacent to an activating group) is 1. The maximum atomic E-state index is 14.1. The molecule has 148 valence electrons. The molecular weight excluding hydrogens is 382 g/mol. The minimum absolute atomic E-state index is 0.0531. The summed E-state index contributed by atoms with van der Waals surface area (Å²) in [6.07, 6.45) is 0. The van der Waals surface area contributed by atoms with Crippen LogP contribution in [0.4, 0.5) is 23.2 Å². The molecule has 3 rings (SSSR count). The highest BCUT2D eigenvalue weighted by molar-refractivity contribution is 5.95. The second kappa shape index (κ2) is 7.55. The van der Waals surface area contributed by atoms with E-state index >= 15 is 0 Å². The van der Waals surface area contributed by atoms with Crippen LogP contribution in [0.5, 0.6) is 0 Å². The van der Waals surface area contributed by atoms with Crippen LogP contribution in [-0.2, 0) is 0 Å². The number of benzene rings is 2. The first-order valence-corrected chi connectivity index (χ1v) is 8.28. The second-order valence-corrected chi connectivity index (χ2v) is 6.41. The van der Waals surface area contributed by atoms with Crippen LogP contribution in [0, 0.1) is 33.4 Å². The quantitative estimate of drug-likeness (QED) is 0.345. The van der Waals surface area contributed by atoms with Gasteiger partial charge in [0.05, 0.1) is 16.5 Å². The van der Waals surface area contributed by atoms with E-state index < -0.39 is 51.4 Å². The van der Waals surface area contributed by atoms with Crippen molar-refractivity contribution in [2.24, 2.45) is 0 Å². The molecule has 1 atom stereocenters. The Morgan fingerprint density at radius 3 is 2.43 bits per heavy atom. The fourth-order valence-corrected chi connectivity index (χ4v) is 3.19. The topological polar surface area (TPSA) is 66.7 Å². The zero-order valence-corrected chi connectivity index (χ0v) is 14.7. The van der Waals surface area contributed by atoms with Crippen LogP contribution < -0.4 is 0 Å². The molecule has 1 aliphatic rings. The largest absolute Gasteiger partial charge is 0.335 e. The van der Waals surface area contributed by atoms with Crippen molar-refractivity contribution in [2.45, 2.75) is 6.04 Å². The third-order valence-electron chi connectivity index (χ3n) is 4.75. The number of nitro benzene ring substituents is 1. The number of carbonyl (C=O) groups is 1. The summed E-state index contributed by atoms with van der Waals surface area (Å²) in [5.74, 6) is -7.37. The van der Waals surface area contributed by atoms with Crippen molar-refractivity contribution < 1.29 is 27.3 Å². The van der Waals surface area contributed by atoms with Crippen molar-refractivity contribution in [1.29, 1.82) is 0 Å². The van der Waals surface area contributed by atoms with Crippen LogP contribution in [0.1, 0.15) is 22.0 Å². The maximum Gasteiger partial charge on any atom is 0.308 e. The average molecular weight is 397 g/mol. The monoisotopic (exact) mass is 397 g/mol. The third kappa shape index (κ3) is 3.42. The Labute approximate surface area is 157 Å². The smallest absolute Gasteiger partial charge is 0.308 e. The number of hydrogen-bond donors (Lipinski definition) is 0. The molecule has 1 fully saturated rings. The molecule has 0 aliphatic carbocycles. The SMILES string of the molecule is CN1CCN(C(=O)c2cc([N+](=O)[O-])c(F)c(F)c2F)CC1c1ccccc1F. The summed E-state index contributed by atoms with van der Waals surface area (Å²) in [7, 11) is 1.72. The minimum atomic E-state index is -2.09. The van der Waals surface area contributed by atoms with Crippen LogP contribution in [0.25, 0.3) is 0 Å². The molecule has 0 spiro atoms. The van der Waals surface area contributed by atoms with Gasteiger partial charge in [-0.25, -0.2) is 13.2 Å². The van der Waals surface area contributed by atoms with E-state index in [1.165, 1.54) is 12.1 Å². The first-order valence-electron chi connectivity index (χ1n) is 8.28.